The SMILES string of the molecule is CC(C)(C)c1ccc2nccn2n1.CC(C)(C)c1ccc2nccn2n1.CC(C)(C)c1ccn2cccc2n1.CC(C)(C)c1ccn2ccnc2n1.CC(C)(C)c1cnc2cccn2c1.CC(C)(C)c1cnc2cccn2n1.CC(C)(C)c1cnc2nccn2c1.CC(C)(C)c1cnn2cccc2n1.CC(C)(C)c1cnn2ccnc2c1. The molecule has 0 aliphatic heterocycles. The van der Waals surface area contributed by atoms with E-state index in [4.69, 9.17) is 0 Å². The zero-order valence-corrected chi connectivity index (χ0v) is 73.6. The van der Waals surface area contributed by atoms with Crippen molar-refractivity contribution >= 4 is 51.1 Å². The van der Waals surface area contributed by atoms with Crippen LogP contribution in [0.15, 0.2) is 234 Å². The molecule has 0 radical (unpaired) electrons. The topological polar surface area (TPSA) is 246 Å². The summed E-state index contributed by atoms with van der Waals surface area (Å²) in [5.41, 5.74) is 17.6. The van der Waals surface area contributed by atoms with E-state index in [2.05, 4.69) is 302 Å². The summed E-state index contributed by atoms with van der Waals surface area (Å²) in [5.74, 6) is 1.53. The number of aromatic nitrogens is 25. The monoisotopic (exact) mass is 1570 g/mol. The van der Waals surface area contributed by atoms with Crippen LogP contribution in [-0.4, -0.2) is 120 Å². The summed E-state index contributed by atoms with van der Waals surface area (Å²) in [6, 6.07) is 30.1. The van der Waals surface area contributed by atoms with Gasteiger partial charge in [0.1, 0.15) is 11.3 Å². The number of nitrogens with zero attached hydrogens (tertiary/aromatic N) is 25. The van der Waals surface area contributed by atoms with Crippen LogP contribution in [0.2, 0.25) is 0 Å². The normalized spacial score (nSPS) is 12.2. The van der Waals surface area contributed by atoms with Crippen LogP contribution in [0.3, 0.4) is 0 Å². The number of hydrogen-bond donors (Lipinski definition) is 0. The van der Waals surface area contributed by atoms with Gasteiger partial charge in [0, 0.05) is 162 Å². The predicted octanol–water partition coefficient (Wildman–Crippen LogP) is 19.5. The highest BCUT2D eigenvalue weighted by molar-refractivity contribution is 5.45. The van der Waals surface area contributed by atoms with Crippen LogP contribution >= 0.6 is 0 Å². The fourth-order valence-corrected chi connectivity index (χ4v) is 11.1. The minimum atomic E-state index is 0.0610. The van der Waals surface area contributed by atoms with E-state index in [0.717, 1.165) is 85.2 Å². The fraction of sp³-hybridized carbons (Fsp3) is 0.391. The number of fused-ring (bicyclic) bond motifs is 9. The zero-order chi connectivity index (χ0) is 85.3. The summed E-state index contributed by atoms with van der Waals surface area (Å²) in [6.45, 7) is 58.3. The van der Waals surface area contributed by atoms with Crippen LogP contribution in [0.5, 0.6) is 0 Å². The van der Waals surface area contributed by atoms with Crippen LogP contribution in [-0.2, 0) is 48.7 Å². The fourth-order valence-electron chi connectivity index (χ4n) is 11.1. The smallest absolute Gasteiger partial charge is 0.233 e. The van der Waals surface area contributed by atoms with E-state index in [1.165, 1.54) is 16.7 Å². The van der Waals surface area contributed by atoms with Gasteiger partial charge >= 0.3 is 0 Å². The van der Waals surface area contributed by atoms with Gasteiger partial charge in [0.2, 0.25) is 11.6 Å². The van der Waals surface area contributed by atoms with Crippen molar-refractivity contribution in [3.63, 3.8) is 0 Å². The molecule has 0 N–H and O–H groups in total. The molecular weight excluding hydrogens is 1460 g/mol. The Balaban J connectivity index is 0.000000139. The lowest BCUT2D eigenvalue weighted by Gasteiger charge is -2.18. The summed E-state index contributed by atoms with van der Waals surface area (Å²) in [6.07, 6.45) is 43.7. The Bertz CT molecular complexity index is 5000. The van der Waals surface area contributed by atoms with Gasteiger partial charge in [0.15, 0.2) is 28.2 Å². The molecule has 0 bridgehead atoms. The second-order valence-corrected chi connectivity index (χ2v) is 38.2. The maximum Gasteiger partial charge on any atom is 0.233 e. The second-order valence-electron chi connectivity index (χ2n) is 38.2. The summed E-state index contributed by atoms with van der Waals surface area (Å²) in [7, 11) is 0. The van der Waals surface area contributed by atoms with Crippen LogP contribution < -0.4 is 0 Å². The van der Waals surface area contributed by atoms with E-state index in [0.29, 0.717) is 0 Å². The Kier molecular flexibility index (Phi) is 26.1. The van der Waals surface area contributed by atoms with Crippen LogP contribution in [0.4, 0.5) is 0 Å². The van der Waals surface area contributed by atoms with Crippen molar-refractivity contribution in [2.75, 3.05) is 0 Å². The molecular formula is C92H119N25. The molecule has 25 nitrogen and oxygen atoms in total. The van der Waals surface area contributed by atoms with Crippen molar-refractivity contribution in [3.05, 3.63) is 284 Å². The van der Waals surface area contributed by atoms with Gasteiger partial charge in [0.05, 0.1) is 47.1 Å². The highest BCUT2D eigenvalue weighted by Crippen LogP contribution is 2.28. The molecule has 18 heterocycles. The third-order valence-corrected chi connectivity index (χ3v) is 18.7. The van der Waals surface area contributed by atoms with Crippen molar-refractivity contribution in [1.29, 1.82) is 0 Å². The van der Waals surface area contributed by atoms with Gasteiger partial charge in [0.25, 0.3) is 0 Å². The molecule has 0 unspecified atom stereocenters. The lowest BCUT2D eigenvalue weighted by Crippen LogP contribution is -2.15. The third-order valence-electron chi connectivity index (χ3n) is 18.7. The van der Waals surface area contributed by atoms with E-state index in [1.807, 2.05) is 185 Å². The van der Waals surface area contributed by atoms with E-state index in [-0.39, 0.29) is 48.7 Å². The van der Waals surface area contributed by atoms with Crippen molar-refractivity contribution in [2.24, 2.45) is 0 Å². The molecule has 0 spiro atoms. The van der Waals surface area contributed by atoms with Crippen molar-refractivity contribution in [1.82, 2.24) is 120 Å². The Morgan fingerprint density at radius 1 is 0.214 bits per heavy atom. The second kappa shape index (κ2) is 35.0. The highest BCUT2D eigenvalue weighted by atomic mass is 15.3. The highest BCUT2D eigenvalue weighted by Gasteiger charge is 2.23. The van der Waals surface area contributed by atoms with Gasteiger partial charge in [-0.1, -0.05) is 187 Å². The summed E-state index contributed by atoms with van der Waals surface area (Å²) < 4.78 is 16.9. The average Bonchev–Trinajstić information content (AvgIpc) is 1.83. The van der Waals surface area contributed by atoms with Crippen molar-refractivity contribution in [3.8, 4) is 0 Å². The van der Waals surface area contributed by atoms with Gasteiger partial charge < -0.3 is 8.80 Å². The molecule has 0 saturated carbocycles. The lowest BCUT2D eigenvalue weighted by molar-refractivity contribution is 0.550. The molecule has 0 atom stereocenters. The molecule has 0 fully saturated rings. The first kappa shape index (κ1) is 87.1. The summed E-state index contributed by atoms with van der Waals surface area (Å²) in [5, 5.41) is 21.9. The lowest BCUT2D eigenvalue weighted by atomic mass is 9.89. The molecule has 0 saturated heterocycles. The van der Waals surface area contributed by atoms with Gasteiger partial charge in [-0.05, 0) is 124 Å². The van der Waals surface area contributed by atoms with Crippen molar-refractivity contribution in [2.45, 2.75) is 236 Å². The molecule has 612 valence electrons. The molecule has 25 heteroatoms. The first-order chi connectivity index (χ1) is 54.6. The number of rotatable bonds is 0. The maximum absolute atomic E-state index is 4.57. The summed E-state index contributed by atoms with van der Waals surface area (Å²) >= 11 is 0. The van der Waals surface area contributed by atoms with Gasteiger partial charge in [-0.3, -0.25) is 8.80 Å². The minimum Gasteiger partial charge on any atom is -0.309 e. The van der Waals surface area contributed by atoms with E-state index in [9.17, 15) is 0 Å². The van der Waals surface area contributed by atoms with Gasteiger partial charge in [-0.15, -0.1) is 0 Å². The summed E-state index contributed by atoms with van der Waals surface area (Å²) in [4.78, 5) is 47.2. The van der Waals surface area contributed by atoms with E-state index >= 15 is 0 Å². The van der Waals surface area contributed by atoms with Gasteiger partial charge in [-0.2, -0.15) is 25.5 Å². The Morgan fingerprint density at radius 3 is 1.17 bits per heavy atom. The van der Waals surface area contributed by atoms with Gasteiger partial charge in [-0.25, -0.2) is 77.4 Å². The maximum atomic E-state index is 4.57. The number of imidazole rings is 5. The predicted molar refractivity (Wildman–Crippen MR) is 470 cm³/mol. The first-order valence-corrected chi connectivity index (χ1v) is 39.7. The molecule has 18 rings (SSSR count). The molecule has 0 aromatic carbocycles. The molecule has 0 amide bonds. The molecule has 18 aromatic heterocycles. The van der Waals surface area contributed by atoms with E-state index in [1.54, 1.807) is 53.6 Å². The van der Waals surface area contributed by atoms with Crippen molar-refractivity contribution < 1.29 is 0 Å². The largest absolute Gasteiger partial charge is 0.309 e. The molecule has 117 heavy (non-hydrogen) atoms. The van der Waals surface area contributed by atoms with Crippen LogP contribution in [0.25, 0.3) is 51.1 Å². The quantitative estimate of drug-likeness (QED) is 0.137. The first-order valence-electron chi connectivity index (χ1n) is 39.7. The van der Waals surface area contributed by atoms with Crippen LogP contribution in [0.1, 0.15) is 238 Å². The Morgan fingerprint density at radius 2 is 0.607 bits per heavy atom. The zero-order valence-electron chi connectivity index (χ0n) is 73.6. The minimum absolute atomic E-state index is 0.0610. The average molecular weight is 1580 g/mol. The number of hydrogen-bond acceptors (Lipinski definition) is 16. The van der Waals surface area contributed by atoms with E-state index < -0.39 is 0 Å². The molecule has 0 aliphatic carbocycles. The Hall–Kier alpha value is -12.3. The third kappa shape index (κ3) is 23.7. The Labute approximate surface area is 687 Å². The van der Waals surface area contributed by atoms with Crippen LogP contribution in [0, 0.1) is 0 Å². The standard InChI is InChI=1S/2C11H14N2.7C10H13N3/c1-11(2,3)9-6-8-13-7-4-5-10(13)12-9;1-11(2,3)9-7-12-10-5-4-6-13(10)8-9;1-10(2,3)8-4-6-13-7-5-11-9(13)12-8;1-10(2,3)8-6-12-9-11-4-5-13(9)7-8;1-10(2,3)8-6-9-11-4-5-13(9)12-7-8;2*1-10(2,3)8-4-5-9-11-6-7-13(9)12-8;1-10(2,3)8-7-11-13-6-4-5-9(13)12-8;1-10(2,3)8-7-11-9-5-4-6-13(9)12-8/h2*4-8H,1-3H3;7*4-7H,1-3H3. The molecule has 18 aromatic rings. The molecule has 0 aliphatic rings.